The Kier molecular flexibility index (Phi) is 10.5. The first-order chi connectivity index (χ1) is 25.1. The van der Waals surface area contributed by atoms with Crippen LogP contribution in [0.3, 0.4) is 0 Å². The van der Waals surface area contributed by atoms with E-state index in [1.807, 2.05) is 4.68 Å². The molecule has 4 heterocycles. The molecule has 11 nitrogen and oxygen atoms in total. The first-order valence-electron chi connectivity index (χ1n) is 17.4. The van der Waals surface area contributed by atoms with Gasteiger partial charge in [0.2, 0.25) is 0 Å². The Bertz CT molecular complexity index is 2030. The minimum Gasteiger partial charge on any atom is -0.496 e. The fraction of sp³-hybridized carbons (Fsp3) is 0.368. The van der Waals surface area contributed by atoms with E-state index in [4.69, 9.17) is 27.9 Å². The number of ether oxygens (including phenoxy) is 1. The summed E-state index contributed by atoms with van der Waals surface area (Å²) in [5, 5.41) is 20.2. The van der Waals surface area contributed by atoms with Gasteiger partial charge in [0, 0.05) is 41.9 Å². The minimum absolute atomic E-state index is 0.00540. The van der Waals surface area contributed by atoms with Crippen LogP contribution in [-0.2, 0) is 17.9 Å². The first-order valence-corrected chi connectivity index (χ1v) is 18.2. The van der Waals surface area contributed by atoms with Crippen molar-refractivity contribution >= 4 is 52.4 Å². The van der Waals surface area contributed by atoms with Crippen molar-refractivity contribution in [3.05, 3.63) is 93.0 Å². The first kappa shape index (κ1) is 35.9. The number of aryl methyl sites for hydroxylation is 1. The lowest BCUT2D eigenvalue weighted by molar-refractivity contribution is -0.141. The minimum atomic E-state index is -0.782. The standard InChI is InChI=1S/C38H39Cl2FN6O5/c1-52-33-18-23(17-27(41)26(33)21-45-13-2-3-14-45)36(48)42-28-9-4-7-24(34(28)39)25-8-5-10-29(35(25)40)43-37(49)30-19-32-31(11-6-15-47(32)44-30)46-16-12-22(20-46)38(50)51/h4-5,7-10,17-19,22,31H,2-3,6,11-16,20-21H2,1H3,(H,42,48)(H,43,49)(H,50,51)/t22-,31?/m1/s1. The molecule has 2 atom stereocenters. The number of nitrogens with zero attached hydrogens (tertiary/aromatic N) is 4. The van der Waals surface area contributed by atoms with E-state index < -0.39 is 29.5 Å². The van der Waals surface area contributed by atoms with Crippen molar-refractivity contribution in [3.63, 3.8) is 0 Å². The molecule has 0 bridgehead atoms. The van der Waals surface area contributed by atoms with Gasteiger partial charge in [-0.1, -0.05) is 47.5 Å². The molecular weight excluding hydrogens is 710 g/mol. The molecule has 2 saturated heterocycles. The predicted molar refractivity (Wildman–Crippen MR) is 197 cm³/mol. The van der Waals surface area contributed by atoms with E-state index in [0.717, 1.165) is 44.5 Å². The number of carboxylic acids is 1. The number of carboxylic acid groups (broad SMARTS) is 1. The summed E-state index contributed by atoms with van der Waals surface area (Å²) >= 11 is 13.7. The highest BCUT2D eigenvalue weighted by molar-refractivity contribution is 6.40. The molecule has 3 aliphatic heterocycles. The van der Waals surface area contributed by atoms with Crippen LogP contribution in [-0.4, -0.2) is 75.8 Å². The molecule has 2 amide bonds. The Morgan fingerprint density at radius 2 is 1.58 bits per heavy atom. The number of benzene rings is 3. The number of aliphatic carboxylic acids is 1. The van der Waals surface area contributed by atoms with Crippen molar-refractivity contribution in [1.82, 2.24) is 19.6 Å². The Balaban J connectivity index is 1.07. The number of hydrogen-bond acceptors (Lipinski definition) is 7. The third kappa shape index (κ3) is 7.25. The molecule has 7 rings (SSSR count). The molecule has 2 fully saturated rings. The smallest absolute Gasteiger partial charge is 0.307 e. The Morgan fingerprint density at radius 3 is 2.21 bits per heavy atom. The van der Waals surface area contributed by atoms with Crippen LogP contribution in [0, 0.1) is 11.7 Å². The van der Waals surface area contributed by atoms with E-state index in [-0.39, 0.29) is 27.3 Å². The SMILES string of the molecule is COc1cc(C(=O)Nc2cccc(-c3cccc(NC(=O)c4cc5n(n4)CCCC5N4CC[C@@H](C(=O)O)C4)c3Cl)c2Cl)cc(F)c1CN1CCCC1. The van der Waals surface area contributed by atoms with E-state index >= 15 is 4.39 Å². The number of aromatic nitrogens is 2. The summed E-state index contributed by atoms with van der Waals surface area (Å²) in [4.78, 5) is 42.8. The fourth-order valence-electron chi connectivity index (χ4n) is 7.51. The highest BCUT2D eigenvalue weighted by Crippen LogP contribution is 2.41. The summed E-state index contributed by atoms with van der Waals surface area (Å²) in [7, 11) is 1.46. The average molecular weight is 750 g/mol. The van der Waals surface area contributed by atoms with Gasteiger partial charge in [0.1, 0.15) is 11.6 Å². The van der Waals surface area contributed by atoms with Gasteiger partial charge in [0.05, 0.1) is 46.2 Å². The second-order valence-corrected chi connectivity index (χ2v) is 14.3. The van der Waals surface area contributed by atoms with E-state index in [1.54, 1.807) is 42.5 Å². The molecule has 0 radical (unpaired) electrons. The third-order valence-corrected chi connectivity index (χ3v) is 11.1. The maximum absolute atomic E-state index is 15.3. The van der Waals surface area contributed by atoms with Crippen molar-refractivity contribution in [3.8, 4) is 16.9 Å². The van der Waals surface area contributed by atoms with Crippen LogP contribution in [0.5, 0.6) is 5.75 Å². The molecule has 14 heteroatoms. The van der Waals surface area contributed by atoms with Crippen LogP contribution in [0.25, 0.3) is 11.1 Å². The number of halogens is 3. The van der Waals surface area contributed by atoms with Gasteiger partial charge in [-0.3, -0.25) is 28.9 Å². The zero-order valence-corrected chi connectivity index (χ0v) is 30.1. The number of amides is 2. The second-order valence-electron chi connectivity index (χ2n) is 13.5. The van der Waals surface area contributed by atoms with Gasteiger partial charge in [-0.2, -0.15) is 5.10 Å². The van der Waals surface area contributed by atoms with Gasteiger partial charge in [0.15, 0.2) is 5.69 Å². The fourth-order valence-corrected chi connectivity index (χ4v) is 8.06. The van der Waals surface area contributed by atoms with Gasteiger partial charge in [0.25, 0.3) is 11.8 Å². The lowest BCUT2D eigenvalue weighted by Gasteiger charge is -2.31. The van der Waals surface area contributed by atoms with Crippen molar-refractivity contribution in [2.24, 2.45) is 5.92 Å². The van der Waals surface area contributed by atoms with Gasteiger partial charge in [-0.05, 0) is 82.1 Å². The highest BCUT2D eigenvalue weighted by atomic mass is 35.5. The molecule has 4 aromatic rings. The molecule has 3 aliphatic rings. The van der Waals surface area contributed by atoms with Gasteiger partial charge in [-0.15, -0.1) is 0 Å². The van der Waals surface area contributed by atoms with Crippen LogP contribution < -0.4 is 15.4 Å². The lowest BCUT2D eigenvalue weighted by Crippen LogP contribution is -2.32. The van der Waals surface area contributed by atoms with Crippen molar-refractivity contribution < 1.29 is 28.6 Å². The molecule has 0 saturated carbocycles. The maximum Gasteiger partial charge on any atom is 0.307 e. The Labute approximate surface area is 310 Å². The summed E-state index contributed by atoms with van der Waals surface area (Å²) in [6, 6.07) is 14.8. The molecule has 0 spiro atoms. The van der Waals surface area contributed by atoms with Crippen LogP contribution in [0.4, 0.5) is 15.8 Å². The largest absolute Gasteiger partial charge is 0.496 e. The molecular formula is C38H39Cl2FN6O5. The number of carbonyl (C=O) groups is 3. The van der Waals surface area contributed by atoms with Crippen LogP contribution >= 0.6 is 23.2 Å². The number of nitrogens with one attached hydrogen (secondary N) is 2. The number of hydrogen-bond donors (Lipinski definition) is 3. The normalized spacial score (nSPS) is 19.0. The zero-order valence-electron chi connectivity index (χ0n) is 28.6. The third-order valence-electron chi connectivity index (χ3n) is 10.2. The monoisotopic (exact) mass is 748 g/mol. The topological polar surface area (TPSA) is 129 Å². The maximum atomic E-state index is 15.3. The molecule has 52 heavy (non-hydrogen) atoms. The lowest BCUT2D eigenvalue weighted by atomic mass is 10.0. The van der Waals surface area contributed by atoms with E-state index in [2.05, 4.69) is 25.5 Å². The summed E-state index contributed by atoms with van der Waals surface area (Å²) in [6.45, 7) is 4.02. The summed E-state index contributed by atoms with van der Waals surface area (Å²) in [6.07, 6.45) is 4.48. The van der Waals surface area contributed by atoms with Crippen molar-refractivity contribution in [2.45, 2.75) is 51.2 Å². The quantitative estimate of drug-likeness (QED) is 0.154. The van der Waals surface area contributed by atoms with Crippen molar-refractivity contribution in [1.29, 1.82) is 0 Å². The summed E-state index contributed by atoms with van der Waals surface area (Å²) < 4.78 is 22.6. The molecule has 1 unspecified atom stereocenters. The predicted octanol–water partition coefficient (Wildman–Crippen LogP) is 7.35. The molecule has 272 valence electrons. The number of rotatable bonds is 10. The number of anilines is 2. The number of fused-ring (bicyclic) bond motifs is 1. The van der Waals surface area contributed by atoms with E-state index in [1.165, 1.54) is 19.2 Å². The van der Waals surface area contributed by atoms with E-state index in [9.17, 15) is 19.5 Å². The summed E-state index contributed by atoms with van der Waals surface area (Å²) in [5.74, 6) is -2.39. The van der Waals surface area contributed by atoms with Gasteiger partial charge in [-0.25, -0.2) is 4.39 Å². The molecule has 1 aromatic heterocycles. The number of carbonyl (C=O) groups excluding carboxylic acids is 2. The molecule has 0 aliphatic carbocycles. The van der Waals surface area contributed by atoms with Crippen LogP contribution in [0.1, 0.15) is 70.2 Å². The van der Waals surface area contributed by atoms with Gasteiger partial charge >= 0.3 is 5.97 Å². The second kappa shape index (κ2) is 15.2. The van der Waals surface area contributed by atoms with E-state index in [0.29, 0.717) is 66.4 Å². The Hall–Kier alpha value is -4.49. The Morgan fingerprint density at radius 1 is 0.904 bits per heavy atom. The molecule has 3 N–H and O–H groups in total. The van der Waals surface area contributed by atoms with Gasteiger partial charge < -0.3 is 20.5 Å². The van der Waals surface area contributed by atoms with Crippen molar-refractivity contribution in [2.75, 3.05) is 43.9 Å². The average Bonchev–Trinajstić information content (AvgIpc) is 3.92. The van der Waals surface area contributed by atoms with Crippen LogP contribution in [0.15, 0.2) is 54.6 Å². The summed E-state index contributed by atoms with van der Waals surface area (Å²) in [5.41, 5.74) is 3.29. The zero-order chi connectivity index (χ0) is 36.5. The number of likely N-dealkylation sites (tertiary alicyclic amines) is 2. The highest BCUT2D eigenvalue weighted by Gasteiger charge is 2.36. The van der Waals surface area contributed by atoms with Crippen LogP contribution in [0.2, 0.25) is 10.0 Å². The number of methoxy groups -OCH3 is 1. The molecule has 3 aromatic carbocycles.